The van der Waals surface area contributed by atoms with Gasteiger partial charge in [-0.3, -0.25) is 24.6 Å². The molecule has 1 atom stereocenters. The molecule has 0 aliphatic carbocycles. The van der Waals surface area contributed by atoms with E-state index in [1.54, 1.807) is 31.2 Å². The van der Waals surface area contributed by atoms with E-state index in [9.17, 15) is 29.6 Å². The van der Waals surface area contributed by atoms with Gasteiger partial charge in [-0.05, 0) is 55.3 Å². The second-order valence-corrected chi connectivity index (χ2v) is 10.0. The summed E-state index contributed by atoms with van der Waals surface area (Å²) >= 11 is 0.852. The summed E-state index contributed by atoms with van der Waals surface area (Å²) in [5.74, 6) is -2.48. The van der Waals surface area contributed by atoms with Gasteiger partial charge in [0.1, 0.15) is 23.0 Å². The van der Waals surface area contributed by atoms with Crippen LogP contribution >= 0.6 is 11.3 Å². The predicted molar refractivity (Wildman–Crippen MR) is 152 cm³/mol. The number of esters is 1. The third kappa shape index (κ3) is 6.02. The molecule has 11 nitrogen and oxygen atoms in total. The van der Waals surface area contributed by atoms with E-state index in [-0.39, 0.29) is 39.1 Å². The quantitative estimate of drug-likeness (QED) is 0.0455. The van der Waals surface area contributed by atoms with Crippen LogP contribution in [0.25, 0.3) is 5.76 Å². The maximum absolute atomic E-state index is 13.4. The maximum atomic E-state index is 13.4. The fraction of sp³-hybridized carbons (Fsp3) is 0.241. The Bertz CT molecular complexity index is 1530. The fourth-order valence-electron chi connectivity index (χ4n) is 4.20. The van der Waals surface area contributed by atoms with Crippen LogP contribution in [0.1, 0.15) is 52.3 Å². The molecule has 4 rings (SSSR count). The molecule has 0 spiro atoms. The highest BCUT2D eigenvalue weighted by Gasteiger charge is 2.48. The minimum Gasteiger partial charge on any atom is -0.507 e. The van der Waals surface area contributed by atoms with Crippen LogP contribution in [0.2, 0.25) is 0 Å². The number of non-ortho nitro benzene ring substituents is 1. The molecule has 2 heterocycles. The lowest BCUT2D eigenvalue weighted by Gasteiger charge is -2.23. The number of Topliss-reactive ketones (excluding diaryl/α,β-unsaturated/α-hetero) is 1. The molecule has 1 fully saturated rings. The number of hydrogen-bond acceptors (Lipinski definition) is 10. The zero-order chi connectivity index (χ0) is 29.7. The molecule has 0 saturated carbocycles. The number of aromatic nitrogens is 1. The summed E-state index contributed by atoms with van der Waals surface area (Å²) in [5, 5.41) is 22.6. The van der Waals surface area contributed by atoms with E-state index in [2.05, 4.69) is 11.6 Å². The summed E-state index contributed by atoms with van der Waals surface area (Å²) in [6.07, 6.45) is 3.26. The summed E-state index contributed by atoms with van der Waals surface area (Å²) in [6.45, 7) is 7.62. The standard InChI is InChI=1S/C29H27N3O8S/c1-4-6-16-39-21-13-9-19(10-14-21)24(33)22-23(18-7-11-20(12-8-18)32(37)38)31(27(35)25(22)34)29-30-17(3)26(41-29)28(36)40-15-5-2/h5,7-14,23,33H,2,4,6,15-16H2,1,3H3/b24-22+. The van der Waals surface area contributed by atoms with E-state index >= 15 is 0 Å². The van der Waals surface area contributed by atoms with Gasteiger partial charge in [-0.1, -0.05) is 37.3 Å². The zero-order valence-corrected chi connectivity index (χ0v) is 23.2. The average Bonchev–Trinajstić information content (AvgIpc) is 3.48. The van der Waals surface area contributed by atoms with Crippen LogP contribution in [0.4, 0.5) is 10.8 Å². The number of amides is 1. The van der Waals surface area contributed by atoms with Gasteiger partial charge in [-0.25, -0.2) is 9.78 Å². The number of nitro benzene ring substituents is 1. The first kappa shape index (κ1) is 29.2. The minimum absolute atomic E-state index is 0.0252. The number of nitrogens with zero attached hydrogens (tertiary/aromatic N) is 3. The molecular weight excluding hydrogens is 550 g/mol. The van der Waals surface area contributed by atoms with Gasteiger partial charge in [-0.2, -0.15) is 0 Å². The van der Waals surface area contributed by atoms with Gasteiger partial charge in [0.15, 0.2) is 5.13 Å². The normalized spacial score (nSPS) is 16.0. The molecule has 0 bridgehead atoms. The number of hydrogen-bond donors (Lipinski definition) is 1. The van der Waals surface area contributed by atoms with E-state index < -0.39 is 34.4 Å². The van der Waals surface area contributed by atoms with Crippen LogP contribution in [0, 0.1) is 17.0 Å². The van der Waals surface area contributed by atoms with Gasteiger partial charge in [0.25, 0.3) is 11.5 Å². The Morgan fingerprint density at radius 3 is 2.49 bits per heavy atom. The van der Waals surface area contributed by atoms with Crippen molar-refractivity contribution < 1.29 is 33.9 Å². The number of ether oxygens (including phenoxy) is 2. The highest BCUT2D eigenvalue weighted by Crippen LogP contribution is 2.44. The van der Waals surface area contributed by atoms with Crippen molar-refractivity contribution in [3.05, 3.63) is 98.6 Å². The number of anilines is 1. The van der Waals surface area contributed by atoms with Crippen LogP contribution in [0.5, 0.6) is 5.75 Å². The molecule has 212 valence electrons. The molecule has 1 aliphatic heterocycles. The van der Waals surface area contributed by atoms with Crippen molar-refractivity contribution in [1.82, 2.24) is 4.98 Å². The number of aliphatic hydroxyl groups excluding tert-OH is 1. The zero-order valence-electron chi connectivity index (χ0n) is 22.4. The number of carbonyl (C=O) groups is 3. The minimum atomic E-state index is -1.18. The Morgan fingerprint density at radius 2 is 1.88 bits per heavy atom. The predicted octanol–water partition coefficient (Wildman–Crippen LogP) is 5.51. The highest BCUT2D eigenvalue weighted by atomic mass is 32.1. The summed E-state index contributed by atoms with van der Waals surface area (Å²) in [6, 6.07) is 10.5. The van der Waals surface area contributed by atoms with Crippen LogP contribution < -0.4 is 9.64 Å². The highest BCUT2D eigenvalue weighted by molar-refractivity contribution is 7.17. The van der Waals surface area contributed by atoms with E-state index in [0.717, 1.165) is 29.1 Å². The van der Waals surface area contributed by atoms with Gasteiger partial charge >= 0.3 is 11.9 Å². The van der Waals surface area contributed by atoms with Crippen LogP contribution in [0.3, 0.4) is 0 Å². The van der Waals surface area contributed by atoms with Crippen molar-refractivity contribution >= 4 is 45.6 Å². The van der Waals surface area contributed by atoms with Gasteiger partial charge in [-0.15, -0.1) is 0 Å². The number of nitro groups is 1. The largest absolute Gasteiger partial charge is 0.507 e. The lowest BCUT2D eigenvalue weighted by molar-refractivity contribution is -0.384. The molecule has 1 saturated heterocycles. The summed E-state index contributed by atoms with van der Waals surface area (Å²) in [4.78, 5) is 55.6. The fourth-order valence-corrected chi connectivity index (χ4v) is 5.18. The third-order valence-corrected chi connectivity index (χ3v) is 7.40. The molecule has 12 heteroatoms. The first-order chi connectivity index (χ1) is 19.7. The van der Waals surface area contributed by atoms with E-state index in [1.807, 2.05) is 6.92 Å². The second-order valence-electron chi connectivity index (χ2n) is 9.04. The molecule has 1 unspecified atom stereocenters. The molecular formula is C29H27N3O8S. The third-order valence-electron chi connectivity index (χ3n) is 6.27. The van der Waals surface area contributed by atoms with Gasteiger partial charge in [0.2, 0.25) is 0 Å². The van der Waals surface area contributed by atoms with Crippen LogP contribution in [0.15, 0.2) is 66.8 Å². The van der Waals surface area contributed by atoms with Crippen LogP contribution in [-0.4, -0.2) is 45.9 Å². The lowest BCUT2D eigenvalue weighted by atomic mass is 9.95. The number of aliphatic hydroxyl groups is 1. The molecule has 1 N–H and O–H groups in total. The summed E-state index contributed by atoms with van der Waals surface area (Å²) in [5.41, 5.74) is 0.442. The van der Waals surface area contributed by atoms with Gasteiger partial charge in [0, 0.05) is 17.7 Å². The lowest BCUT2D eigenvalue weighted by Crippen LogP contribution is -2.29. The molecule has 41 heavy (non-hydrogen) atoms. The first-order valence-electron chi connectivity index (χ1n) is 12.7. The Kier molecular flexibility index (Phi) is 8.93. The Hall–Kier alpha value is -4.84. The Balaban J connectivity index is 1.81. The molecule has 0 radical (unpaired) electrons. The maximum Gasteiger partial charge on any atom is 0.350 e. The van der Waals surface area contributed by atoms with Crippen molar-refractivity contribution in [3.8, 4) is 5.75 Å². The van der Waals surface area contributed by atoms with Crippen molar-refractivity contribution in [2.45, 2.75) is 32.7 Å². The SMILES string of the molecule is C=CCOC(=O)c1sc(N2C(=O)C(=O)/C(=C(/O)c3ccc(OCCCC)cc3)C2c2ccc([N+](=O)[O-])cc2)nc1C. The smallest absolute Gasteiger partial charge is 0.350 e. The van der Waals surface area contributed by atoms with Crippen molar-refractivity contribution in [3.63, 3.8) is 0 Å². The van der Waals surface area contributed by atoms with Crippen molar-refractivity contribution in [2.75, 3.05) is 18.1 Å². The number of carbonyl (C=O) groups excluding carboxylic acids is 3. The molecule has 3 aromatic rings. The van der Waals surface area contributed by atoms with E-state index in [0.29, 0.717) is 17.9 Å². The number of aryl methyl sites for hydroxylation is 1. The average molecular weight is 578 g/mol. The summed E-state index contributed by atoms with van der Waals surface area (Å²) < 4.78 is 10.8. The molecule has 1 aliphatic rings. The van der Waals surface area contributed by atoms with Crippen LogP contribution in [-0.2, 0) is 14.3 Å². The monoisotopic (exact) mass is 577 g/mol. The van der Waals surface area contributed by atoms with Gasteiger partial charge in [0.05, 0.1) is 28.8 Å². The summed E-state index contributed by atoms with van der Waals surface area (Å²) in [7, 11) is 0. The second kappa shape index (κ2) is 12.6. The Morgan fingerprint density at radius 1 is 1.20 bits per heavy atom. The number of rotatable bonds is 11. The molecule has 1 aromatic heterocycles. The van der Waals surface area contributed by atoms with Crippen molar-refractivity contribution in [2.24, 2.45) is 0 Å². The van der Waals surface area contributed by atoms with E-state index in [1.165, 1.54) is 30.3 Å². The number of thiazole rings is 1. The topological polar surface area (TPSA) is 149 Å². The first-order valence-corrected chi connectivity index (χ1v) is 13.5. The van der Waals surface area contributed by atoms with Crippen molar-refractivity contribution in [1.29, 1.82) is 0 Å². The van der Waals surface area contributed by atoms with Gasteiger partial charge < -0.3 is 14.6 Å². The number of benzene rings is 2. The molecule has 2 aromatic carbocycles. The number of ketones is 1. The van der Waals surface area contributed by atoms with E-state index in [4.69, 9.17) is 9.47 Å². The number of unbranched alkanes of at least 4 members (excludes halogenated alkanes) is 1. The molecule has 1 amide bonds. The Labute approximate surface area is 239 Å².